The number of amides is 1. The van der Waals surface area contributed by atoms with Gasteiger partial charge in [0.25, 0.3) is 5.91 Å². The van der Waals surface area contributed by atoms with E-state index in [1.807, 2.05) is 6.07 Å². The van der Waals surface area contributed by atoms with Crippen molar-refractivity contribution in [2.75, 3.05) is 13.1 Å². The fraction of sp³-hybridized carbons (Fsp3) is 0.278. The van der Waals surface area contributed by atoms with Crippen LogP contribution in [0.25, 0.3) is 11.3 Å². The quantitative estimate of drug-likeness (QED) is 0.711. The molecule has 0 bridgehead atoms. The Morgan fingerprint density at radius 3 is 3.04 bits per heavy atom. The maximum atomic E-state index is 12.7. The van der Waals surface area contributed by atoms with Crippen LogP contribution in [0, 0.1) is 0 Å². The van der Waals surface area contributed by atoms with Gasteiger partial charge in [-0.1, -0.05) is 5.16 Å². The van der Waals surface area contributed by atoms with Gasteiger partial charge in [-0.05, 0) is 25.0 Å². The highest BCUT2D eigenvalue weighted by atomic mass is 16.5. The van der Waals surface area contributed by atoms with E-state index in [-0.39, 0.29) is 17.7 Å². The van der Waals surface area contributed by atoms with E-state index < -0.39 is 0 Å². The summed E-state index contributed by atoms with van der Waals surface area (Å²) in [5, 5.41) is 3.92. The van der Waals surface area contributed by atoms with Gasteiger partial charge in [-0.25, -0.2) is 9.97 Å². The Balaban J connectivity index is 1.44. The van der Waals surface area contributed by atoms with Crippen LogP contribution in [0.15, 0.2) is 53.7 Å². The molecule has 26 heavy (non-hydrogen) atoms. The summed E-state index contributed by atoms with van der Waals surface area (Å²) in [5.41, 5.74) is 1.06. The van der Waals surface area contributed by atoms with Crippen LogP contribution in [0.1, 0.15) is 23.3 Å². The molecule has 1 aliphatic rings. The molecule has 132 valence electrons. The zero-order valence-electron chi connectivity index (χ0n) is 14.0. The van der Waals surface area contributed by atoms with Crippen molar-refractivity contribution in [2.24, 2.45) is 0 Å². The molecule has 8 nitrogen and oxygen atoms in total. The summed E-state index contributed by atoms with van der Waals surface area (Å²) in [5.74, 6) is 0.867. The highest BCUT2D eigenvalue weighted by Gasteiger charge is 2.28. The molecular formula is C18H17N5O3. The highest BCUT2D eigenvalue weighted by Crippen LogP contribution is 2.22. The first-order valence-electron chi connectivity index (χ1n) is 8.38. The second-order valence-corrected chi connectivity index (χ2v) is 6.00. The van der Waals surface area contributed by atoms with Gasteiger partial charge >= 0.3 is 0 Å². The van der Waals surface area contributed by atoms with Gasteiger partial charge in [0.15, 0.2) is 11.5 Å². The topological polar surface area (TPSA) is 94.2 Å². The number of ether oxygens (including phenoxy) is 1. The summed E-state index contributed by atoms with van der Waals surface area (Å²) in [7, 11) is 0. The van der Waals surface area contributed by atoms with Crippen LogP contribution in [0.3, 0.4) is 0 Å². The highest BCUT2D eigenvalue weighted by molar-refractivity contribution is 5.93. The average Bonchev–Trinajstić information content (AvgIpc) is 3.19. The molecule has 1 amide bonds. The lowest BCUT2D eigenvalue weighted by Crippen LogP contribution is -2.44. The summed E-state index contributed by atoms with van der Waals surface area (Å²) in [4.78, 5) is 26.5. The lowest BCUT2D eigenvalue weighted by atomic mass is 10.1. The summed E-state index contributed by atoms with van der Waals surface area (Å²) < 4.78 is 11.1. The van der Waals surface area contributed by atoms with Crippen LogP contribution in [-0.4, -0.2) is 50.1 Å². The Morgan fingerprint density at radius 1 is 1.27 bits per heavy atom. The number of nitrogens with zero attached hydrogens (tertiary/aromatic N) is 5. The maximum Gasteiger partial charge on any atom is 0.276 e. The molecule has 4 heterocycles. The molecule has 4 rings (SSSR count). The predicted molar refractivity (Wildman–Crippen MR) is 91.3 cm³/mol. The van der Waals surface area contributed by atoms with Gasteiger partial charge in [0.1, 0.15) is 12.4 Å². The molecule has 8 heteroatoms. The van der Waals surface area contributed by atoms with Crippen molar-refractivity contribution in [3.05, 3.63) is 54.9 Å². The Labute approximate surface area is 149 Å². The van der Waals surface area contributed by atoms with Gasteiger partial charge in [-0.2, -0.15) is 0 Å². The summed E-state index contributed by atoms with van der Waals surface area (Å²) in [6.45, 7) is 1.15. The number of piperidine rings is 1. The van der Waals surface area contributed by atoms with E-state index in [4.69, 9.17) is 9.26 Å². The third-order valence-electron chi connectivity index (χ3n) is 4.18. The molecule has 0 spiro atoms. The summed E-state index contributed by atoms with van der Waals surface area (Å²) in [6, 6.07) is 7.01. The van der Waals surface area contributed by atoms with Crippen molar-refractivity contribution in [3.63, 3.8) is 0 Å². The SMILES string of the molecule is O=C(c1cc(-c2cccnc2)on1)N1CCCC(Oc2ccncn2)C1. The van der Waals surface area contributed by atoms with Gasteiger partial charge in [0, 0.05) is 42.8 Å². The van der Waals surface area contributed by atoms with E-state index in [0.717, 1.165) is 18.4 Å². The van der Waals surface area contributed by atoms with Crippen LogP contribution < -0.4 is 4.74 Å². The number of carbonyl (C=O) groups excluding carboxylic acids is 1. The fourth-order valence-corrected chi connectivity index (χ4v) is 2.92. The van der Waals surface area contributed by atoms with Crippen molar-refractivity contribution in [1.82, 2.24) is 25.0 Å². The van der Waals surface area contributed by atoms with Crippen LogP contribution in [-0.2, 0) is 0 Å². The lowest BCUT2D eigenvalue weighted by molar-refractivity contribution is 0.0518. The number of carbonyl (C=O) groups is 1. The molecule has 0 N–H and O–H groups in total. The molecule has 1 atom stereocenters. The second kappa shape index (κ2) is 7.30. The molecular weight excluding hydrogens is 334 g/mol. The van der Waals surface area contributed by atoms with Crippen LogP contribution in [0.4, 0.5) is 0 Å². The second-order valence-electron chi connectivity index (χ2n) is 6.00. The number of rotatable bonds is 4. The van der Waals surface area contributed by atoms with E-state index in [1.165, 1.54) is 6.33 Å². The van der Waals surface area contributed by atoms with E-state index >= 15 is 0 Å². The van der Waals surface area contributed by atoms with E-state index in [1.54, 1.807) is 41.7 Å². The van der Waals surface area contributed by atoms with E-state index in [9.17, 15) is 4.79 Å². The molecule has 1 saturated heterocycles. The molecule has 3 aromatic rings. The third kappa shape index (κ3) is 3.53. The Bertz CT molecular complexity index is 869. The Hall–Kier alpha value is -3.29. The first-order valence-corrected chi connectivity index (χ1v) is 8.38. The third-order valence-corrected chi connectivity index (χ3v) is 4.18. The van der Waals surface area contributed by atoms with E-state index in [0.29, 0.717) is 24.7 Å². The Morgan fingerprint density at radius 2 is 2.23 bits per heavy atom. The van der Waals surface area contributed by atoms with Gasteiger partial charge in [0.2, 0.25) is 5.88 Å². The zero-order valence-corrected chi connectivity index (χ0v) is 14.0. The van der Waals surface area contributed by atoms with Crippen LogP contribution in [0.2, 0.25) is 0 Å². The van der Waals surface area contributed by atoms with Crippen molar-refractivity contribution in [3.8, 4) is 17.2 Å². The zero-order chi connectivity index (χ0) is 17.8. The monoisotopic (exact) mass is 351 g/mol. The molecule has 0 aliphatic carbocycles. The smallest absolute Gasteiger partial charge is 0.276 e. The molecule has 1 aliphatic heterocycles. The summed E-state index contributed by atoms with van der Waals surface area (Å²) >= 11 is 0. The molecule has 0 saturated carbocycles. The molecule has 1 unspecified atom stereocenters. The van der Waals surface area contributed by atoms with Crippen molar-refractivity contribution < 1.29 is 14.1 Å². The first-order chi connectivity index (χ1) is 12.8. The molecule has 0 radical (unpaired) electrons. The summed E-state index contributed by atoms with van der Waals surface area (Å²) in [6.07, 6.45) is 8.04. The van der Waals surface area contributed by atoms with Gasteiger partial charge in [0.05, 0.1) is 6.54 Å². The minimum Gasteiger partial charge on any atom is -0.472 e. The van der Waals surface area contributed by atoms with Crippen LogP contribution in [0.5, 0.6) is 5.88 Å². The minimum absolute atomic E-state index is 0.104. The van der Waals surface area contributed by atoms with Gasteiger partial charge in [-0.3, -0.25) is 9.78 Å². The number of hydrogen-bond donors (Lipinski definition) is 0. The number of pyridine rings is 1. The fourth-order valence-electron chi connectivity index (χ4n) is 2.92. The van der Waals surface area contributed by atoms with Crippen molar-refractivity contribution >= 4 is 5.91 Å². The van der Waals surface area contributed by atoms with Crippen LogP contribution >= 0.6 is 0 Å². The number of hydrogen-bond acceptors (Lipinski definition) is 7. The Kier molecular flexibility index (Phi) is 4.55. The largest absolute Gasteiger partial charge is 0.472 e. The molecule has 0 aromatic carbocycles. The molecule has 3 aromatic heterocycles. The van der Waals surface area contributed by atoms with Gasteiger partial charge < -0.3 is 14.2 Å². The normalized spacial score (nSPS) is 17.1. The molecule has 1 fully saturated rings. The van der Waals surface area contributed by atoms with E-state index in [2.05, 4.69) is 20.1 Å². The number of aromatic nitrogens is 4. The standard InChI is InChI=1S/C18H17N5O3/c24-18(15-9-16(26-22-15)13-3-1-6-19-10-13)23-8-2-4-14(11-23)25-17-5-7-20-12-21-17/h1,3,5-7,9-10,12,14H,2,4,8,11H2. The van der Waals surface area contributed by atoms with Crippen molar-refractivity contribution in [2.45, 2.75) is 18.9 Å². The first kappa shape index (κ1) is 16.2. The van der Waals surface area contributed by atoms with Gasteiger partial charge in [-0.15, -0.1) is 0 Å². The predicted octanol–water partition coefficient (Wildman–Crippen LogP) is 2.21. The number of likely N-dealkylation sites (tertiary alicyclic amines) is 1. The van der Waals surface area contributed by atoms with Crippen molar-refractivity contribution in [1.29, 1.82) is 0 Å². The lowest BCUT2D eigenvalue weighted by Gasteiger charge is -2.32. The maximum absolute atomic E-state index is 12.7. The average molecular weight is 351 g/mol. The minimum atomic E-state index is -0.167.